The Balaban J connectivity index is 2.11. The van der Waals surface area contributed by atoms with Crippen LogP contribution in [0.4, 0.5) is 5.69 Å². The van der Waals surface area contributed by atoms with Gasteiger partial charge in [-0.05, 0) is 26.1 Å². The van der Waals surface area contributed by atoms with Crippen molar-refractivity contribution in [2.75, 3.05) is 38.1 Å². The first-order chi connectivity index (χ1) is 9.15. The van der Waals surface area contributed by atoms with E-state index in [9.17, 15) is 4.79 Å². The molecule has 0 saturated carbocycles. The molecule has 3 rings (SSSR count). The van der Waals surface area contributed by atoms with Crippen LogP contribution in [0, 0.1) is 6.92 Å². The number of fused-ring (bicyclic) bond motifs is 1. The van der Waals surface area contributed by atoms with E-state index in [-0.39, 0.29) is 5.43 Å². The fourth-order valence-corrected chi connectivity index (χ4v) is 2.58. The van der Waals surface area contributed by atoms with Crippen molar-refractivity contribution in [3.8, 4) is 0 Å². The van der Waals surface area contributed by atoms with E-state index in [0.29, 0.717) is 11.1 Å². The number of anilines is 1. The largest absolute Gasteiger partial charge is 0.459 e. The van der Waals surface area contributed by atoms with E-state index in [1.54, 1.807) is 6.07 Å². The van der Waals surface area contributed by atoms with Crippen LogP contribution in [0.15, 0.2) is 33.5 Å². The number of piperazine rings is 1. The molecule has 0 spiro atoms. The van der Waals surface area contributed by atoms with Crippen LogP contribution < -0.4 is 10.3 Å². The molecule has 0 unspecified atom stereocenters. The molecule has 0 radical (unpaired) electrons. The maximum Gasteiger partial charge on any atom is 0.193 e. The second-order valence-corrected chi connectivity index (χ2v) is 5.17. The fourth-order valence-electron chi connectivity index (χ4n) is 2.58. The SMILES string of the molecule is Cc1cc(=O)c2cccc(N3CCN(C)CC3)c2o1. The van der Waals surface area contributed by atoms with Crippen molar-refractivity contribution in [3.05, 3.63) is 40.2 Å². The number of hydrogen-bond donors (Lipinski definition) is 0. The molecule has 0 amide bonds. The van der Waals surface area contributed by atoms with Crippen LogP contribution in [0.2, 0.25) is 0 Å². The summed E-state index contributed by atoms with van der Waals surface area (Å²) in [5.74, 6) is 0.666. The van der Waals surface area contributed by atoms with Crippen LogP contribution >= 0.6 is 0 Å². The highest BCUT2D eigenvalue weighted by Gasteiger charge is 2.18. The molecule has 4 nitrogen and oxygen atoms in total. The Bertz CT molecular complexity index is 655. The number of nitrogens with zero attached hydrogens (tertiary/aromatic N) is 2. The summed E-state index contributed by atoms with van der Waals surface area (Å²) < 4.78 is 5.80. The van der Waals surface area contributed by atoms with E-state index in [1.807, 2.05) is 25.1 Å². The summed E-state index contributed by atoms with van der Waals surface area (Å²) in [6, 6.07) is 7.36. The zero-order chi connectivity index (χ0) is 13.4. The van der Waals surface area contributed by atoms with Gasteiger partial charge in [0.2, 0.25) is 0 Å². The minimum Gasteiger partial charge on any atom is -0.459 e. The van der Waals surface area contributed by atoms with Gasteiger partial charge < -0.3 is 14.2 Å². The van der Waals surface area contributed by atoms with Gasteiger partial charge in [0.15, 0.2) is 11.0 Å². The topological polar surface area (TPSA) is 36.7 Å². The molecule has 0 atom stereocenters. The highest BCUT2D eigenvalue weighted by molar-refractivity contribution is 5.89. The Morgan fingerprint density at radius 1 is 1.16 bits per heavy atom. The molecule has 1 aliphatic rings. The van der Waals surface area contributed by atoms with Crippen molar-refractivity contribution in [3.63, 3.8) is 0 Å². The summed E-state index contributed by atoms with van der Waals surface area (Å²) in [7, 11) is 2.13. The smallest absolute Gasteiger partial charge is 0.193 e. The highest BCUT2D eigenvalue weighted by atomic mass is 16.3. The van der Waals surface area contributed by atoms with Gasteiger partial charge in [-0.15, -0.1) is 0 Å². The molecule has 4 heteroatoms. The Hall–Kier alpha value is -1.81. The van der Waals surface area contributed by atoms with Crippen LogP contribution in [-0.2, 0) is 0 Å². The summed E-state index contributed by atoms with van der Waals surface area (Å²) in [6.07, 6.45) is 0. The van der Waals surface area contributed by atoms with Gasteiger partial charge in [0.1, 0.15) is 5.76 Å². The monoisotopic (exact) mass is 258 g/mol. The van der Waals surface area contributed by atoms with E-state index in [4.69, 9.17) is 4.42 Å². The first-order valence-corrected chi connectivity index (χ1v) is 6.62. The minimum atomic E-state index is 0.0368. The predicted octanol–water partition coefficient (Wildman–Crippen LogP) is 1.85. The molecule has 1 fully saturated rings. The summed E-state index contributed by atoms with van der Waals surface area (Å²) in [5.41, 5.74) is 1.79. The van der Waals surface area contributed by atoms with Crippen LogP contribution in [-0.4, -0.2) is 38.1 Å². The van der Waals surface area contributed by atoms with Crippen molar-refractivity contribution >= 4 is 16.7 Å². The van der Waals surface area contributed by atoms with E-state index >= 15 is 0 Å². The number of likely N-dealkylation sites (N-methyl/N-ethyl adjacent to an activating group) is 1. The summed E-state index contributed by atoms with van der Waals surface area (Å²) in [5, 5.41) is 0.669. The molecular formula is C15H18N2O2. The van der Waals surface area contributed by atoms with Crippen molar-refractivity contribution in [2.45, 2.75) is 6.92 Å². The summed E-state index contributed by atoms with van der Waals surface area (Å²) >= 11 is 0. The number of benzene rings is 1. The molecule has 1 aromatic carbocycles. The first-order valence-electron chi connectivity index (χ1n) is 6.62. The van der Waals surface area contributed by atoms with E-state index in [2.05, 4.69) is 16.8 Å². The average Bonchev–Trinajstić information content (AvgIpc) is 2.39. The van der Waals surface area contributed by atoms with E-state index in [1.165, 1.54) is 0 Å². The third kappa shape index (κ3) is 2.24. The maximum absolute atomic E-state index is 12.0. The lowest BCUT2D eigenvalue weighted by atomic mass is 10.1. The molecule has 1 aromatic heterocycles. The second kappa shape index (κ2) is 4.70. The zero-order valence-corrected chi connectivity index (χ0v) is 11.3. The Labute approximate surface area is 112 Å². The molecule has 19 heavy (non-hydrogen) atoms. The van der Waals surface area contributed by atoms with E-state index in [0.717, 1.165) is 37.4 Å². The summed E-state index contributed by atoms with van der Waals surface area (Å²) in [4.78, 5) is 16.6. The van der Waals surface area contributed by atoms with Crippen LogP contribution in [0.1, 0.15) is 5.76 Å². The van der Waals surface area contributed by atoms with Gasteiger partial charge in [0, 0.05) is 32.2 Å². The molecular weight excluding hydrogens is 240 g/mol. The fraction of sp³-hybridized carbons (Fsp3) is 0.400. The third-order valence-corrected chi connectivity index (χ3v) is 3.70. The zero-order valence-electron chi connectivity index (χ0n) is 11.3. The van der Waals surface area contributed by atoms with Gasteiger partial charge >= 0.3 is 0 Å². The molecule has 100 valence electrons. The van der Waals surface area contributed by atoms with Crippen LogP contribution in [0.25, 0.3) is 11.0 Å². The highest BCUT2D eigenvalue weighted by Crippen LogP contribution is 2.26. The second-order valence-electron chi connectivity index (χ2n) is 5.17. The van der Waals surface area contributed by atoms with Gasteiger partial charge in [-0.25, -0.2) is 0 Å². The molecule has 0 aliphatic carbocycles. The third-order valence-electron chi connectivity index (χ3n) is 3.70. The van der Waals surface area contributed by atoms with Crippen molar-refractivity contribution in [2.24, 2.45) is 0 Å². The lowest BCUT2D eigenvalue weighted by Gasteiger charge is -2.34. The lowest BCUT2D eigenvalue weighted by molar-refractivity contribution is 0.312. The number of aryl methyl sites for hydroxylation is 1. The molecule has 1 aliphatic heterocycles. The van der Waals surface area contributed by atoms with E-state index < -0.39 is 0 Å². The average molecular weight is 258 g/mol. The Kier molecular flexibility index (Phi) is 3.03. The number of hydrogen-bond acceptors (Lipinski definition) is 4. The van der Waals surface area contributed by atoms with Gasteiger partial charge in [-0.2, -0.15) is 0 Å². The lowest BCUT2D eigenvalue weighted by Crippen LogP contribution is -2.44. The van der Waals surface area contributed by atoms with Gasteiger partial charge in [0.05, 0.1) is 11.1 Å². The molecule has 2 aromatic rings. The van der Waals surface area contributed by atoms with Crippen molar-refractivity contribution in [1.29, 1.82) is 0 Å². The molecule has 1 saturated heterocycles. The molecule has 0 bridgehead atoms. The van der Waals surface area contributed by atoms with Crippen molar-refractivity contribution < 1.29 is 4.42 Å². The maximum atomic E-state index is 12.0. The van der Waals surface area contributed by atoms with Crippen LogP contribution in [0.3, 0.4) is 0 Å². The quantitative estimate of drug-likeness (QED) is 0.782. The molecule has 0 N–H and O–H groups in total. The number of rotatable bonds is 1. The number of para-hydroxylation sites is 1. The first kappa shape index (κ1) is 12.2. The van der Waals surface area contributed by atoms with Crippen molar-refractivity contribution in [1.82, 2.24) is 4.90 Å². The van der Waals surface area contributed by atoms with Gasteiger partial charge in [-0.1, -0.05) is 6.07 Å². The Morgan fingerprint density at radius 3 is 2.63 bits per heavy atom. The normalized spacial score (nSPS) is 17.1. The van der Waals surface area contributed by atoms with Crippen LogP contribution in [0.5, 0.6) is 0 Å². The Morgan fingerprint density at radius 2 is 1.89 bits per heavy atom. The minimum absolute atomic E-state index is 0.0368. The standard InChI is InChI=1S/C15H18N2O2/c1-11-10-14(18)12-4-3-5-13(15(12)19-11)17-8-6-16(2)7-9-17/h3-5,10H,6-9H2,1-2H3. The van der Waals surface area contributed by atoms with Gasteiger partial charge in [0.25, 0.3) is 0 Å². The predicted molar refractivity (Wildman–Crippen MR) is 76.9 cm³/mol. The molecule has 2 heterocycles. The summed E-state index contributed by atoms with van der Waals surface area (Å²) in [6.45, 7) is 5.82. The van der Waals surface area contributed by atoms with Gasteiger partial charge in [-0.3, -0.25) is 4.79 Å².